The Morgan fingerprint density at radius 3 is 2.35 bits per heavy atom. The predicted octanol–water partition coefficient (Wildman–Crippen LogP) is 8.08. The molecule has 3 nitrogen and oxygen atoms in total. The van der Waals surface area contributed by atoms with Crippen LogP contribution in [0.3, 0.4) is 0 Å². The summed E-state index contributed by atoms with van der Waals surface area (Å²) in [5.41, 5.74) is 8.92. The number of hydrogen-bond donors (Lipinski definition) is 1. The Bertz CT molecular complexity index is 1500. The molecule has 3 heteroatoms. The zero-order chi connectivity index (χ0) is 22.9. The molecular formula is C31H28N2O. The molecule has 0 aliphatic heterocycles. The number of fused-ring (bicyclic) bond motifs is 3. The Labute approximate surface area is 200 Å². The summed E-state index contributed by atoms with van der Waals surface area (Å²) in [4.78, 5) is 0. The molecule has 1 heterocycles. The Kier molecular flexibility index (Phi) is 5.31. The van der Waals surface area contributed by atoms with E-state index in [1.165, 1.54) is 38.6 Å². The molecule has 0 radical (unpaired) electrons. The number of nitrogens with zero attached hydrogens (tertiary/aromatic N) is 1. The van der Waals surface area contributed by atoms with Crippen molar-refractivity contribution in [1.29, 1.82) is 0 Å². The van der Waals surface area contributed by atoms with Crippen LogP contribution in [0, 0.1) is 0 Å². The van der Waals surface area contributed by atoms with E-state index in [9.17, 15) is 0 Å². The highest BCUT2D eigenvalue weighted by Crippen LogP contribution is 2.38. The Balaban J connectivity index is 1.42. The average Bonchev–Trinajstić information content (AvgIpc) is 3.25. The fourth-order valence-corrected chi connectivity index (χ4v) is 5.19. The van der Waals surface area contributed by atoms with Gasteiger partial charge in [0.1, 0.15) is 5.75 Å². The van der Waals surface area contributed by atoms with E-state index in [1.54, 1.807) is 7.11 Å². The molecule has 34 heavy (non-hydrogen) atoms. The Hall–Kier alpha value is -3.98. The van der Waals surface area contributed by atoms with Gasteiger partial charge in [0.25, 0.3) is 0 Å². The molecule has 0 bridgehead atoms. The van der Waals surface area contributed by atoms with Gasteiger partial charge in [-0.25, -0.2) is 0 Å². The standard InChI is InChI=1S/C31H28N2O/c1-34-26-20-18-25(19-21-26)33-29-12-6-5-10-27(29)31-28(11-7-13-30(31)33)32-24-16-14-23(15-17-24)22-8-3-2-4-9-22/h2-3,5-8,10-14,16,18-21,32H,4,9,15,17H2,1H3. The van der Waals surface area contributed by atoms with Gasteiger partial charge in [0, 0.05) is 27.8 Å². The van der Waals surface area contributed by atoms with Crippen LogP contribution in [0.5, 0.6) is 5.75 Å². The van der Waals surface area contributed by atoms with Crippen molar-refractivity contribution in [2.24, 2.45) is 0 Å². The van der Waals surface area contributed by atoms with E-state index in [0.717, 1.165) is 42.8 Å². The first kappa shape index (κ1) is 20.6. The highest BCUT2D eigenvalue weighted by Gasteiger charge is 2.17. The third-order valence-corrected chi connectivity index (χ3v) is 6.90. The smallest absolute Gasteiger partial charge is 0.119 e. The first-order chi connectivity index (χ1) is 16.8. The zero-order valence-electron chi connectivity index (χ0n) is 19.4. The SMILES string of the molecule is COc1ccc(-n2c3ccccc3c3c(NC4=CC=C(C5=CC=CCC5)CC4)cccc32)cc1. The van der Waals surface area contributed by atoms with Gasteiger partial charge in [-0.05, 0) is 85.4 Å². The molecule has 4 aromatic rings. The monoisotopic (exact) mass is 444 g/mol. The summed E-state index contributed by atoms with van der Waals surface area (Å²) in [5, 5.41) is 6.28. The number of allylic oxidation sites excluding steroid dienone is 8. The molecule has 0 amide bonds. The largest absolute Gasteiger partial charge is 0.497 e. The second-order valence-corrected chi connectivity index (χ2v) is 8.92. The van der Waals surface area contributed by atoms with Gasteiger partial charge in [-0.2, -0.15) is 0 Å². The molecule has 0 saturated carbocycles. The summed E-state index contributed by atoms with van der Waals surface area (Å²) < 4.78 is 7.71. The van der Waals surface area contributed by atoms with Crippen LogP contribution in [-0.2, 0) is 0 Å². The van der Waals surface area contributed by atoms with Gasteiger partial charge in [-0.15, -0.1) is 0 Å². The van der Waals surface area contributed by atoms with Crippen molar-refractivity contribution in [3.8, 4) is 11.4 Å². The number of aromatic nitrogens is 1. The molecule has 2 aliphatic carbocycles. The number of ether oxygens (including phenoxy) is 1. The Morgan fingerprint density at radius 2 is 1.59 bits per heavy atom. The van der Waals surface area contributed by atoms with E-state index in [0.29, 0.717) is 0 Å². The van der Waals surface area contributed by atoms with Crippen LogP contribution in [0.15, 0.2) is 114 Å². The lowest BCUT2D eigenvalue weighted by atomic mass is 9.90. The summed E-state index contributed by atoms with van der Waals surface area (Å²) in [7, 11) is 1.70. The van der Waals surface area contributed by atoms with Gasteiger partial charge >= 0.3 is 0 Å². The molecule has 1 aromatic heterocycles. The molecule has 1 N–H and O–H groups in total. The molecule has 0 atom stereocenters. The number of anilines is 1. The lowest BCUT2D eigenvalue weighted by Gasteiger charge is -2.20. The van der Waals surface area contributed by atoms with Crippen molar-refractivity contribution >= 4 is 27.5 Å². The summed E-state index contributed by atoms with van der Waals surface area (Å²) >= 11 is 0. The fourth-order valence-electron chi connectivity index (χ4n) is 5.19. The summed E-state index contributed by atoms with van der Waals surface area (Å²) in [6.45, 7) is 0. The van der Waals surface area contributed by atoms with E-state index < -0.39 is 0 Å². The normalized spacial score (nSPS) is 15.7. The van der Waals surface area contributed by atoms with Crippen LogP contribution in [0.25, 0.3) is 27.5 Å². The fraction of sp³-hybridized carbons (Fsp3) is 0.161. The second-order valence-electron chi connectivity index (χ2n) is 8.92. The minimum atomic E-state index is 0.864. The molecule has 6 rings (SSSR count). The first-order valence-electron chi connectivity index (χ1n) is 12.0. The number of para-hydroxylation sites is 1. The van der Waals surface area contributed by atoms with Crippen molar-refractivity contribution in [3.05, 3.63) is 114 Å². The van der Waals surface area contributed by atoms with Gasteiger partial charge < -0.3 is 14.6 Å². The van der Waals surface area contributed by atoms with Crippen LogP contribution < -0.4 is 10.1 Å². The summed E-state index contributed by atoms with van der Waals surface area (Å²) in [5.74, 6) is 0.864. The second kappa shape index (κ2) is 8.75. The average molecular weight is 445 g/mol. The third-order valence-electron chi connectivity index (χ3n) is 6.90. The first-order valence-corrected chi connectivity index (χ1v) is 12.0. The quantitative estimate of drug-likeness (QED) is 0.337. The third kappa shape index (κ3) is 3.63. The van der Waals surface area contributed by atoms with Crippen LogP contribution >= 0.6 is 0 Å². The van der Waals surface area contributed by atoms with Gasteiger partial charge in [0.2, 0.25) is 0 Å². The minimum Gasteiger partial charge on any atom is -0.497 e. The summed E-state index contributed by atoms with van der Waals surface area (Å²) in [6, 6.07) is 23.5. The molecule has 0 unspecified atom stereocenters. The molecule has 2 aliphatic rings. The highest BCUT2D eigenvalue weighted by molar-refractivity contribution is 6.15. The lowest BCUT2D eigenvalue weighted by Crippen LogP contribution is -2.05. The van der Waals surface area contributed by atoms with Gasteiger partial charge in [-0.3, -0.25) is 0 Å². The molecular weight excluding hydrogens is 416 g/mol. The summed E-state index contributed by atoms with van der Waals surface area (Å²) in [6.07, 6.45) is 15.7. The van der Waals surface area contributed by atoms with E-state index in [1.807, 2.05) is 12.1 Å². The molecule has 3 aromatic carbocycles. The van der Waals surface area contributed by atoms with Crippen LogP contribution in [-0.4, -0.2) is 11.7 Å². The van der Waals surface area contributed by atoms with Crippen molar-refractivity contribution in [2.75, 3.05) is 12.4 Å². The molecule has 168 valence electrons. The van der Waals surface area contributed by atoms with Crippen molar-refractivity contribution in [1.82, 2.24) is 4.57 Å². The topological polar surface area (TPSA) is 26.2 Å². The van der Waals surface area contributed by atoms with Crippen molar-refractivity contribution < 1.29 is 4.74 Å². The lowest BCUT2D eigenvalue weighted by molar-refractivity contribution is 0.415. The molecule has 0 spiro atoms. The van der Waals surface area contributed by atoms with Crippen molar-refractivity contribution in [2.45, 2.75) is 25.7 Å². The van der Waals surface area contributed by atoms with E-state index in [4.69, 9.17) is 4.74 Å². The van der Waals surface area contributed by atoms with Gasteiger partial charge in [-0.1, -0.05) is 48.6 Å². The minimum absolute atomic E-state index is 0.864. The van der Waals surface area contributed by atoms with E-state index in [2.05, 4.69) is 94.9 Å². The molecule has 0 saturated heterocycles. The van der Waals surface area contributed by atoms with Crippen LogP contribution in [0.4, 0.5) is 5.69 Å². The number of methoxy groups -OCH3 is 1. The maximum Gasteiger partial charge on any atom is 0.119 e. The highest BCUT2D eigenvalue weighted by atomic mass is 16.5. The maximum atomic E-state index is 5.37. The number of rotatable bonds is 5. The maximum absolute atomic E-state index is 5.37. The number of nitrogens with one attached hydrogen (secondary N) is 1. The number of hydrogen-bond acceptors (Lipinski definition) is 2. The van der Waals surface area contributed by atoms with Crippen LogP contribution in [0.1, 0.15) is 25.7 Å². The van der Waals surface area contributed by atoms with Gasteiger partial charge in [0.05, 0.1) is 18.1 Å². The predicted molar refractivity (Wildman–Crippen MR) is 143 cm³/mol. The van der Waals surface area contributed by atoms with Gasteiger partial charge in [0.15, 0.2) is 0 Å². The van der Waals surface area contributed by atoms with E-state index >= 15 is 0 Å². The van der Waals surface area contributed by atoms with Crippen molar-refractivity contribution in [3.63, 3.8) is 0 Å². The number of benzene rings is 3. The molecule has 0 fully saturated rings. The zero-order valence-corrected chi connectivity index (χ0v) is 19.4. The Morgan fingerprint density at radius 1 is 0.765 bits per heavy atom. The van der Waals surface area contributed by atoms with Crippen LogP contribution in [0.2, 0.25) is 0 Å². The van der Waals surface area contributed by atoms with E-state index in [-0.39, 0.29) is 0 Å².